The van der Waals surface area contributed by atoms with Gasteiger partial charge in [-0.05, 0) is 78.1 Å². The van der Waals surface area contributed by atoms with E-state index in [-0.39, 0.29) is 56.9 Å². The minimum absolute atomic E-state index is 0.0180. The quantitative estimate of drug-likeness (QED) is 0.151. The van der Waals surface area contributed by atoms with Gasteiger partial charge in [0.2, 0.25) is 5.91 Å². The van der Waals surface area contributed by atoms with Gasteiger partial charge in [0.25, 0.3) is 0 Å². The summed E-state index contributed by atoms with van der Waals surface area (Å²) in [5.41, 5.74) is -1.45. The number of nitriles is 1. The predicted octanol–water partition coefficient (Wildman–Crippen LogP) is 6.47. The number of hydrogen-bond acceptors (Lipinski definition) is 8. The number of pyridine rings is 1. The van der Waals surface area contributed by atoms with Crippen LogP contribution in [0.4, 0.5) is 23.4 Å². The van der Waals surface area contributed by atoms with Crippen molar-refractivity contribution in [1.82, 2.24) is 34.7 Å². The van der Waals surface area contributed by atoms with Gasteiger partial charge in [-0.15, -0.1) is 5.10 Å². The first-order chi connectivity index (χ1) is 24.1. The van der Waals surface area contributed by atoms with Crippen molar-refractivity contribution in [3.05, 3.63) is 58.4 Å². The highest BCUT2D eigenvalue weighted by molar-refractivity contribution is 6.31. The number of amides is 1. The van der Waals surface area contributed by atoms with Crippen LogP contribution in [0.2, 0.25) is 5.02 Å². The van der Waals surface area contributed by atoms with E-state index in [1.54, 1.807) is 28.6 Å². The number of carbonyl (C=O) groups is 1. The molecule has 1 amide bonds. The minimum Gasteiger partial charge on any atom is -0.351 e. The molecule has 4 heterocycles. The second kappa shape index (κ2) is 13.7. The minimum atomic E-state index is -4.93. The molecule has 2 aliphatic heterocycles. The summed E-state index contributed by atoms with van der Waals surface area (Å²) in [5, 5.41) is 18.7. The summed E-state index contributed by atoms with van der Waals surface area (Å²) in [6, 6.07) is 6.64. The SMILES string of the molecule is Cc1c(Cl)cccc1-c1c(C(F)(F)F)cc2c(nc(N3CC(C)(N(C)C)C3)c3nnn([C@H]4CCN(C(=O)/C=C/CN(C)C)[C@H](CC#N)C4)c32)c1F. The van der Waals surface area contributed by atoms with Crippen LogP contribution in [0.1, 0.15) is 43.4 Å². The fraction of sp³-hybridized carbons (Fsp3) is 0.472. The van der Waals surface area contributed by atoms with Crippen molar-refractivity contribution >= 4 is 45.3 Å². The molecule has 15 heteroatoms. The number of anilines is 1. The van der Waals surface area contributed by atoms with Gasteiger partial charge < -0.3 is 19.6 Å². The molecule has 2 fully saturated rings. The summed E-state index contributed by atoms with van der Waals surface area (Å²) in [4.78, 5) is 25.4. The molecule has 0 bridgehead atoms. The highest BCUT2D eigenvalue weighted by atomic mass is 35.5. The van der Waals surface area contributed by atoms with Crippen LogP contribution in [-0.2, 0) is 11.0 Å². The molecule has 0 spiro atoms. The van der Waals surface area contributed by atoms with Gasteiger partial charge in [-0.3, -0.25) is 4.79 Å². The number of fused-ring (bicyclic) bond motifs is 3. The van der Waals surface area contributed by atoms with E-state index in [2.05, 4.69) is 28.2 Å². The number of carbonyl (C=O) groups excluding carboxylic acids is 1. The van der Waals surface area contributed by atoms with Gasteiger partial charge in [-0.2, -0.15) is 18.4 Å². The van der Waals surface area contributed by atoms with Gasteiger partial charge in [0.15, 0.2) is 17.2 Å². The van der Waals surface area contributed by atoms with Crippen molar-refractivity contribution in [1.29, 1.82) is 5.26 Å². The Kier molecular flexibility index (Phi) is 9.77. The molecular formula is C36H40ClF4N9O. The first-order valence-corrected chi connectivity index (χ1v) is 17.1. The molecule has 10 nitrogen and oxygen atoms in total. The maximum atomic E-state index is 17.0. The van der Waals surface area contributed by atoms with Crippen LogP contribution in [-0.4, -0.2) is 107 Å². The smallest absolute Gasteiger partial charge is 0.351 e. The Labute approximate surface area is 298 Å². The lowest BCUT2D eigenvalue weighted by Gasteiger charge is -2.52. The number of alkyl halides is 3. The predicted molar refractivity (Wildman–Crippen MR) is 189 cm³/mol. The zero-order valence-corrected chi connectivity index (χ0v) is 30.1. The average Bonchev–Trinajstić information content (AvgIpc) is 3.49. The van der Waals surface area contributed by atoms with E-state index in [1.807, 2.05) is 38.0 Å². The highest BCUT2D eigenvalue weighted by Gasteiger charge is 2.44. The molecule has 2 aromatic heterocycles. The van der Waals surface area contributed by atoms with E-state index in [9.17, 15) is 23.2 Å². The summed E-state index contributed by atoms with van der Waals surface area (Å²) < 4.78 is 63.3. The molecule has 2 atom stereocenters. The standard InChI is InChI=1S/C36H40ClF4N9O/c1-21-24(9-7-10-27(21)37)29-26(36(39,40)41)18-25-31(30(29)38)43-34(48-19-35(2,20-48)47(5)6)32-33(25)50(45-44-32)23-13-16-49(22(17-23)12-14-42)28(51)11-8-15-46(3)4/h7-11,18,22-23H,12-13,15-17,19-20H2,1-6H3/b11-8+/t22-,23+/m1/s1. The molecule has 2 aromatic carbocycles. The summed E-state index contributed by atoms with van der Waals surface area (Å²) in [6.07, 6.45) is -0.936. The first-order valence-electron chi connectivity index (χ1n) is 16.7. The number of hydrogen-bond donors (Lipinski definition) is 0. The Bertz CT molecular complexity index is 2060. The third-order valence-electron chi connectivity index (χ3n) is 10.3. The van der Waals surface area contributed by atoms with Crippen molar-refractivity contribution in [2.75, 3.05) is 59.3 Å². The molecule has 2 saturated heterocycles. The van der Waals surface area contributed by atoms with Crippen LogP contribution in [0.25, 0.3) is 33.1 Å². The normalized spacial score (nSPS) is 19.5. The number of likely N-dealkylation sites (N-methyl/N-ethyl adjacent to an activating group) is 2. The average molecular weight is 726 g/mol. The van der Waals surface area contributed by atoms with Gasteiger partial charge in [-0.1, -0.05) is 35.0 Å². The lowest BCUT2D eigenvalue weighted by Crippen LogP contribution is -2.67. The molecule has 0 aliphatic carbocycles. The molecule has 4 aromatic rings. The summed E-state index contributed by atoms with van der Waals surface area (Å²) >= 11 is 6.32. The van der Waals surface area contributed by atoms with Gasteiger partial charge in [-0.25, -0.2) is 14.1 Å². The zero-order chi connectivity index (χ0) is 37.0. The topological polar surface area (TPSA) is 97.4 Å². The molecule has 0 saturated carbocycles. The van der Waals surface area contributed by atoms with Crippen LogP contribution < -0.4 is 4.90 Å². The van der Waals surface area contributed by atoms with Crippen LogP contribution in [0.5, 0.6) is 0 Å². The molecule has 2 aliphatic rings. The second-order valence-electron chi connectivity index (χ2n) is 14.2. The van der Waals surface area contributed by atoms with Gasteiger partial charge in [0.05, 0.1) is 29.6 Å². The third-order valence-corrected chi connectivity index (χ3v) is 10.7. The second-order valence-corrected chi connectivity index (χ2v) is 14.6. The Balaban J connectivity index is 1.54. The fourth-order valence-electron chi connectivity index (χ4n) is 7.13. The molecule has 270 valence electrons. The van der Waals surface area contributed by atoms with Crippen LogP contribution >= 0.6 is 11.6 Å². The number of halogens is 5. The van der Waals surface area contributed by atoms with Gasteiger partial charge in [0.1, 0.15) is 11.0 Å². The van der Waals surface area contributed by atoms with Gasteiger partial charge >= 0.3 is 6.18 Å². The van der Waals surface area contributed by atoms with Gasteiger partial charge in [0, 0.05) is 54.3 Å². The first kappa shape index (κ1) is 36.5. The van der Waals surface area contributed by atoms with E-state index in [0.717, 1.165) is 6.07 Å². The number of benzene rings is 2. The van der Waals surface area contributed by atoms with E-state index >= 15 is 4.39 Å². The van der Waals surface area contributed by atoms with Crippen LogP contribution in [0.3, 0.4) is 0 Å². The third kappa shape index (κ3) is 6.63. The lowest BCUT2D eigenvalue weighted by atomic mass is 9.90. The van der Waals surface area contributed by atoms with Crippen molar-refractivity contribution in [2.24, 2.45) is 0 Å². The Morgan fingerprint density at radius 2 is 1.92 bits per heavy atom. The maximum absolute atomic E-state index is 17.0. The van der Waals surface area contributed by atoms with Crippen LogP contribution in [0.15, 0.2) is 36.4 Å². The van der Waals surface area contributed by atoms with E-state index in [1.165, 1.54) is 18.2 Å². The van der Waals surface area contributed by atoms with Crippen molar-refractivity contribution in [3.8, 4) is 17.2 Å². The number of likely N-dealkylation sites (tertiary alicyclic amines) is 1. The Morgan fingerprint density at radius 1 is 1.20 bits per heavy atom. The number of aromatic nitrogens is 4. The van der Waals surface area contributed by atoms with Crippen LogP contribution in [0, 0.1) is 24.1 Å². The number of rotatable bonds is 8. The Morgan fingerprint density at radius 3 is 2.57 bits per heavy atom. The molecule has 6 rings (SSSR count). The molecular weight excluding hydrogens is 686 g/mol. The zero-order valence-electron chi connectivity index (χ0n) is 29.4. The van der Waals surface area contributed by atoms with E-state index in [0.29, 0.717) is 43.9 Å². The molecule has 51 heavy (non-hydrogen) atoms. The molecule has 0 unspecified atom stereocenters. The van der Waals surface area contributed by atoms with Crippen molar-refractivity contribution in [2.45, 2.75) is 56.9 Å². The molecule has 0 N–H and O–H groups in total. The van der Waals surface area contributed by atoms with Crippen molar-refractivity contribution < 1.29 is 22.4 Å². The van der Waals surface area contributed by atoms with E-state index < -0.39 is 35.2 Å². The highest BCUT2D eigenvalue weighted by Crippen LogP contribution is 2.46. The Hall–Kier alpha value is -4.32. The van der Waals surface area contributed by atoms with Crippen molar-refractivity contribution in [3.63, 3.8) is 0 Å². The summed E-state index contributed by atoms with van der Waals surface area (Å²) in [5.74, 6) is -1.02. The van der Waals surface area contributed by atoms with E-state index in [4.69, 9.17) is 16.6 Å². The lowest BCUT2D eigenvalue weighted by molar-refractivity contribution is -0.137. The monoisotopic (exact) mass is 725 g/mol. The summed E-state index contributed by atoms with van der Waals surface area (Å²) in [6.45, 7) is 5.53. The number of nitrogens with zero attached hydrogens (tertiary/aromatic N) is 9. The molecule has 0 radical (unpaired) electrons. The number of piperidine rings is 1. The maximum Gasteiger partial charge on any atom is 0.417 e. The fourth-order valence-corrected chi connectivity index (χ4v) is 7.31. The summed E-state index contributed by atoms with van der Waals surface area (Å²) in [7, 11) is 7.69. The largest absolute Gasteiger partial charge is 0.417 e.